The van der Waals surface area contributed by atoms with E-state index in [-0.39, 0.29) is 16.4 Å². The summed E-state index contributed by atoms with van der Waals surface area (Å²) in [6, 6.07) is 17.8. The minimum absolute atomic E-state index is 0.0828. The molecule has 0 radical (unpaired) electrons. The molecule has 9 nitrogen and oxygen atoms in total. The fourth-order valence-corrected chi connectivity index (χ4v) is 4.77. The molecule has 1 amide bonds. The van der Waals surface area contributed by atoms with Gasteiger partial charge in [-0.2, -0.15) is 0 Å². The summed E-state index contributed by atoms with van der Waals surface area (Å²) < 4.78 is 5.88. The predicted octanol–water partition coefficient (Wildman–Crippen LogP) is 6.08. The summed E-state index contributed by atoms with van der Waals surface area (Å²) in [4.78, 5) is 30.6. The topological polar surface area (TPSA) is 114 Å². The lowest BCUT2D eigenvalue weighted by Gasteiger charge is -2.28. The van der Waals surface area contributed by atoms with Crippen LogP contribution in [0.25, 0.3) is 22.6 Å². The molecule has 0 spiro atoms. The van der Waals surface area contributed by atoms with Gasteiger partial charge in [0.2, 0.25) is 5.89 Å². The third-order valence-corrected chi connectivity index (χ3v) is 6.81. The van der Waals surface area contributed by atoms with Crippen LogP contribution >= 0.6 is 12.2 Å². The van der Waals surface area contributed by atoms with Gasteiger partial charge in [-0.15, -0.1) is 0 Å². The number of thiocarbonyl (C=S) groups is 1. The zero-order chi connectivity index (χ0) is 26.6. The number of fused-ring (bicyclic) bond motifs is 1. The van der Waals surface area contributed by atoms with Gasteiger partial charge in [-0.3, -0.25) is 20.2 Å². The Balaban J connectivity index is 1.24. The van der Waals surface area contributed by atoms with Crippen molar-refractivity contribution in [3.05, 3.63) is 81.9 Å². The summed E-state index contributed by atoms with van der Waals surface area (Å²) in [5.41, 5.74) is 4.83. The van der Waals surface area contributed by atoms with Crippen molar-refractivity contribution >= 4 is 51.4 Å². The van der Waals surface area contributed by atoms with Crippen LogP contribution in [0.2, 0.25) is 0 Å². The number of nitro groups is 1. The number of aryl methyl sites for hydroxylation is 1. The molecule has 4 aromatic rings. The maximum atomic E-state index is 12.8. The lowest BCUT2D eigenvalue weighted by atomic mass is 10.1. The zero-order valence-corrected chi connectivity index (χ0v) is 21.7. The van der Waals surface area contributed by atoms with Gasteiger partial charge in [0, 0.05) is 36.0 Å². The number of hydrogen-bond acceptors (Lipinski definition) is 7. The summed E-state index contributed by atoms with van der Waals surface area (Å²) in [7, 11) is 0. The van der Waals surface area contributed by atoms with Gasteiger partial charge < -0.3 is 14.6 Å². The molecule has 2 heterocycles. The van der Waals surface area contributed by atoms with Gasteiger partial charge in [0.05, 0.1) is 4.92 Å². The van der Waals surface area contributed by atoms with Crippen molar-refractivity contribution in [3.63, 3.8) is 0 Å². The molecule has 1 aliphatic rings. The highest BCUT2D eigenvalue weighted by molar-refractivity contribution is 7.80. The molecule has 2 N–H and O–H groups in total. The van der Waals surface area contributed by atoms with E-state index in [9.17, 15) is 14.9 Å². The van der Waals surface area contributed by atoms with Crippen molar-refractivity contribution in [3.8, 4) is 11.5 Å². The fourth-order valence-electron chi connectivity index (χ4n) is 4.56. The van der Waals surface area contributed by atoms with Gasteiger partial charge in [-0.25, -0.2) is 4.98 Å². The predicted molar refractivity (Wildman–Crippen MR) is 152 cm³/mol. The van der Waals surface area contributed by atoms with Crippen molar-refractivity contribution in [1.29, 1.82) is 0 Å². The average Bonchev–Trinajstić information content (AvgIpc) is 3.37. The monoisotopic (exact) mass is 529 g/mol. The first kappa shape index (κ1) is 25.3. The molecule has 3 aromatic carbocycles. The molecule has 194 valence electrons. The van der Waals surface area contributed by atoms with E-state index in [4.69, 9.17) is 16.6 Å². The van der Waals surface area contributed by atoms with E-state index >= 15 is 0 Å². The van der Waals surface area contributed by atoms with Crippen molar-refractivity contribution in [2.45, 2.75) is 32.6 Å². The largest absolute Gasteiger partial charge is 0.436 e. The standard InChI is InChI=1S/C28H27N5O4S/c1-2-18-6-13-25-22(16-18)30-27(37-25)19-7-10-21(11-8-19)29-28(38)31-26(34)20-9-12-23(24(17-20)33(35)36)32-14-4-3-5-15-32/h6-13,16-17H,2-5,14-15H2,1H3,(H2,29,31,34,38). The Hall–Kier alpha value is -4.31. The normalized spacial score (nSPS) is 13.3. The van der Waals surface area contributed by atoms with Crippen LogP contribution in [0.5, 0.6) is 0 Å². The van der Waals surface area contributed by atoms with Crippen LogP contribution in [0.3, 0.4) is 0 Å². The molecule has 0 bridgehead atoms. The van der Waals surface area contributed by atoms with E-state index < -0.39 is 10.8 Å². The maximum absolute atomic E-state index is 12.8. The third kappa shape index (κ3) is 5.50. The summed E-state index contributed by atoms with van der Waals surface area (Å²) >= 11 is 5.30. The molecular formula is C28H27N5O4S. The van der Waals surface area contributed by atoms with E-state index in [1.165, 1.54) is 11.6 Å². The first-order chi connectivity index (χ1) is 18.4. The van der Waals surface area contributed by atoms with Crippen molar-refractivity contribution in [1.82, 2.24) is 10.3 Å². The number of oxazole rings is 1. The Morgan fingerprint density at radius 2 is 1.84 bits per heavy atom. The number of benzene rings is 3. The minimum atomic E-state index is -0.523. The Bertz CT molecular complexity index is 1510. The molecule has 5 rings (SSSR count). The second-order valence-electron chi connectivity index (χ2n) is 9.17. The molecule has 0 saturated carbocycles. The lowest BCUT2D eigenvalue weighted by Crippen LogP contribution is -2.34. The van der Waals surface area contributed by atoms with Crippen molar-refractivity contribution < 1.29 is 14.1 Å². The number of nitrogens with zero attached hydrogens (tertiary/aromatic N) is 3. The minimum Gasteiger partial charge on any atom is -0.436 e. The number of nitro benzene ring substituents is 1. The maximum Gasteiger partial charge on any atom is 0.293 e. The second-order valence-corrected chi connectivity index (χ2v) is 9.58. The van der Waals surface area contributed by atoms with Crippen LogP contribution < -0.4 is 15.5 Å². The van der Waals surface area contributed by atoms with Gasteiger partial charge in [0.1, 0.15) is 11.2 Å². The summed E-state index contributed by atoms with van der Waals surface area (Å²) in [5.74, 6) is -0.00406. The number of anilines is 2. The van der Waals surface area contributed by atoms with Crippen LogP contribution in [0.4, 0.5) is 17.1 Å². The lowest BCUT2D eigenvalue weighted by molar-refractivity contribution is -0.384. The second kappa shape index (κ2) is 11.0. The van der Waals surface area contributed by atoms with E-state index in [0.29, 0.717) is 17.3 Å². The number of rotatable bonds is 6. The Labute approximate surface area is 225 Å². The number of carbonyl (C=O) groups is 1. The van der Waals surface area contributed by atoms with Crippen LogP contribution in [0.15, 0.2) is 65.1 Å². The number of aromatic nitrogens is 1. The molecule has 1 aliphatic heterocycles. The fraction of sp³-hybridized carbons (Fsp3) is 0.250. The molecule has 1 saturated heterocycles. The Kier molecular flexibility index (Phi) is 7.32. The third-order valence-electron chi connectivity index (χ3n) is 6.61. The number of hydrogen-bond donors (Lipinski definition) is 2. The quantitative estimate of drug-likeness (QED) is 0.175. The molecule has 1 fully saturated rings. The van der Waals surface area contributed by atoms with Crippen LogP contribution in [-0.2, 0) is 6.42 Å². The average molecular weight is 530 g/mol. The molecule has 0 unspecified atom stereocenters. The zero-order valence-electron chi connectivity index (χ0n) is 20.9. The van der Waals surface area contributed by atoms with Gasteiger partial charge in [0.25, 0.3) is 11.6 Å². The molecule has 0 atom stereocenters. The van der Waals surface area contributed by atoms with Crippen LogP contribution in [0.1, 0.15) is 42.1 Å². The number of nitrogens with one attached hydrogen (secondary N) is 2. The van der Waals surface area contributed by atoms with E-state index in [2.05, 4.69) is 22.5 Å². The van der Waals surface area contributed by atoms with E-state index in [0.717, 1.165) is 55.4 Å². The summed E-state index contributed by atoms with van der Waals surface area (Å²) in [6.07, 6.45) is 4.04. The molecule has 1 aromatic heterocycles. The van der Waals surface area contributed by atoms with Crippen molar-refractivity contribution in [2.75, 3.05) is 23.3 Å². The summed E-state index contributed by atoms with van der Waals surface area (Å²) in [6.45, 7) is 3.63. The first-order valence-corrected chi connectivity index (χ1v) is 13.0. The summed E-state index contributed by atoms with van der Waals surface area (Å²) in [5, 5.41) is 17.4. The molecule has 38 heavy (non-hydrogen) atoms. The van der Waals surface area contributed by atoms with Gasteiger partial charge >= 0.3 is 0 Å². The molecular weight excluding hydrogens is 502 g/mol. The number of carbonyl (C=O) groups excluding carboxylic acids is 1. The smallest absolute Gasteiger partial charge is 0.293 e. The van der Waals surface area contributed by atoms with Crippen LogP contribution in [0, 0.1) is 10.1 Å². The van der Waals surface area contributed by atoms with Crippen molar-refractivity contribution in [2.24, 2.45) is 0 Å². The highest BCUT2D eigenvalue weighted by atomic mass is 32.1. The van der Waals surface area contributed by atoms with Gasteiger partial charge in [-0.05, 0) is 92.0 Å². The highest BCUT2D eigenvalue weighted by Gasteiger charge is 2.23. The molecule has 0 aliphatic carbocycles. The van der Waals surface area contributed by atoms with Gasteiger partial charge in [0.15, 0.2) is 10.7 Å². The van der Waals surface area contributed by atoms with E-state index in [1.54, 1.807) is 24.3 Å². The number of piperidine rings is 1. The Morgan fingerprint density at radius 3 is 2.55 bits per heavy atom. The molecule has 10 heteroatoms. The van der Waals surface area contributed by atoms with E-state index in [1.807, 2.05) is 35.2 Å². The van der Waals surface area contributed by atoms with Gasteiger partial charge in [-0.1, -0.05) is 13.0 Å². The first-order valence-electron chi connectivity index (χ1n) is 12.6. The number of amides is 1. The highest BCUT2D eigenvalue weighted by Crippen LogP contribution is 2.31. The Morgan fingerprint density at radius 1 is 1.08 bits per heavy atom. The van der Waals surface area contributed by atoms with Crippen LogP contribution in [-0.4, -0.2) is 34.0 Å². The SMILES string of the molecule is CCc1ccc2oc(-c3ccc(NC(=S)NC(=O)c4ccc(N5CCCCC5)c([N+](=O)[O-])c4)cc3)nc2c1.